The van der Waals surface area contributed by atoms with Crippen LogP contribution in [-0.2, 0) is 17.8 Å². The molecular formula is C48H51FN4O4. The van der Waals surface area contributed by atoms with Gasteiger partial charge in [-0.25, -0.2) is 4.39 Å². The maximum absolute atomic E-state index is 13.9. The van der Waals surface area contributed by atoms with Crippen LogP contribution in [0.25, 0.3) is 0 Å². The SMILES string of the molecule is C=C1CC[C@@H](N2Cc3cc(N4CCN(C5CC6CC(Oc7ccc([C@@H]8c9ccc(O)cc9CC[C@@H]8c8ccc(F)cc8)cc7)CC6C5)CC4)ccc3C2=O)C(=O)N1. The molecule has 0 radical (unpaired) electrons. The molecule has 3 aliphatic carbocycles. The van der Waals surface area contributed by atoms with Crippen molar-refractivity contribution in [2.75, 3.05) is 31.1 Å². The van der Waals surface area contributed by atoms with Gasteiger partial charge in [-0.05, 0) is 152 Å². The third-order valence-corrected chi connectivity index (χ3v) is 14.2. The molecule has 57 heavy (non-hydrogen) atoms. The standard InChI is InChI=1S/C48H51FN4O4/c1-29-2-17-45(47(55)50-29)53-28-35-24-37(10-15-44(35)48(53)56)51-18-20-52(21-19-51)38-22-33-26-41(27-34(33)23-38)57-40-12-5-31(6-13-40)46-42(30-3-8-36(49)9-4-30)14-7-32-25-39(54)11-16-43(32)46/h3-6,8-13,15-16,24-25,33-34,38,41-42,45-46,54H,1-2,7,14,17-23,26-28H2,(H,50,55)/t33?,34?,38?,41?,42-,45-,46+/m1/s1. The summed E-state index contributed by atoms with van der Waals surface area (Å²) in [7, 11) is 0. The fraction of sp³-hybridized carbons (Fsp3) is 0.417. The summed E-state index contributed by atoms with van der Waals surface area (Å²) in [5.41, 5.74) is 8.39. The first kappa shape index (κ1) is 36.2. The van der Waals surface area contributed by atoms with Crippen molar-refractivity contribution in [1.82, 2.24) is 15.1 Å². The highest BCUT2D eigenvalue weighted by atomic mass is 19.1. The van der Waals surface area contributed by atoms with Gasteiger partial charge in [0.25, 0.3) is 5.91 Å². The number of ether oxygens (including phenoxy) is 1. The van der Waals surface area contributed by atoms with Crippen LogP contribution in [0.4, 0.5) is 10.1 Å². The van der Waals surface area contributed by atoms with E-state index in [2.05, 4.69) is 64.2 Å². The van der Waals surface area contributed by atoms with Gasteiger partial charge >= 0.3 is 0 Å². The van der Waals surface area contributed by atoms with E-state index in [4.69, 9.17) is 4.74 Å². The number of nitrogens with zero attached hydrogens (tertiary/aromatic N) is 3. The van der Waals surface area contributed by atoms with E-state index in [-0.39, 0.29) is 35.6 Å². The molecule has 4 fully saturated rings. The Morgan fingerprint density at radius 2 is 1.51 bits per heavy atom. The lowest BCUT2D eigenvalue weighted by Gasteiger charge is -2.39. The van der Waals surface area contributed by atoms with E-state index in [0.717, 1.165) is 85.7 Å². The molecule has 3 aliphatic heterocycles. The number of piperidine rings is 1. The number of hydrogen-bond donors (Lipinski definition) is 2. The van der Waals surface area contributed by atoms with Crippen LogP contribution in [0, 0.1) is 17.7 Å². The monoisotopic (exact) mass is 766 g/mol. The molecule has 5 atom stereocenters. The van der Waals surface area contributed by atoms with Crippen molar-refractivity contribution in [2.45, 2.75) is 87.9 Å². The van der Waals surface area contributed by atoms with Crippen LogP contribution < -0.4 is 15.0 Å². The summed E-state index contributed by atoms with van der Waals surface area (Å²) >= 11 is 0. The van der Waals surface area contributed by atoms with Gasteiger partial charge in [-0.2, -0.15) is 0 Å². The number of anilines is 1. The van der Waals surface area contributed by atoms with Gasteiger partial charge in [-0.3, -0.25) is 14.5 Å². The Labute approximate surface area is 334 Å². The van der Waals surface area contributed by atoms with E-state index in [9.17, 15) is 19.1 Å². The minimum absolute atomic E-state index is 0.0478. The first-order valence-electron chi connectivity index (χ1n) is 21.0. The van der Waals surface area contributed by atoms with Crippen LogP contribution in [-0.4, -0.2) is 71.1 Å². The van der Waals surface area contributed by atoms with E-state index in [1.54, 1.807) is 23.1 Å². The fourth-order valence-corrected chi connectivity index (χ4v) is 11.3. The van der Waals surface area contributed by atoms with Gasteiger partial charge in [0.1, 0.15) is 23.4 Å². The van der Waals surface area contributed by atoms with Crippen LogP contribution in [0.2, 0.25) is 0 Å². The molecule has 6 aliphatic rings. The highest BCUT2D eigenvalue weighted by molar-refractivity contribution is 6.01. The molecule has 0 bridgehead atoms. The van der Waals surface area contributed by atoms with Gasteiger partial charge in [0.2, 0.25) is 5.91 Å². The van der Waals surface area contributed by atoms with Gasteiger partial charge in [0, 0.05) is 61.6 Å². The van der Waals surface area contributed by atoms with E-state index < -0.39 is 6.04 Å². The Morgan fingerprint density at radius 1 is 0.772 bits per heavy atom. The van der Waals surface area contributed by atoms with Gasteiger partial charge in [-0.1, -0.05) is 36.9 Å². The quantitative estimate of drug-likeness (QED) is 0.199. The smallest absolute Gasteiger partial charge is 0.255 e. The lowest BCUT2D eigenvalue weighted by atomic mass is 9.69. The van der Waals surface area contributed by atoms with Crippen molar-refractivity contribution in [2.24, 2.45) is 11.8 Å². The fourth-order valence-electron chi connectivity index (χ4n) is 11.3. The second-order valence-corrected chi connectivity index (χ2v) is 17.4. The Bertz CT molecular complexity index is 2180. The van der Waals surface area contributed by atoms with Gasteiger partial charge < -0.3 is 25.0 Å². The maximum Gasteiger partial charge on any atom is 0.255 e. The highest BCUT2D eigenvalue weighted by Gasteiger charge is 2.45. The zero-order chi connectivity index (χ0) is 38.8. The number of amides is 2. The summed E-state index contributed by atoms with van der Waals surface area (Å²) in [5, 5.41) is 13.0. The van der Waals surface area contributed by atoms with E-state index in [0.29, 0.717) is 43.0 Å². The average molecular weight is 767 g/mol. The molecule has 4 aromatic carbocycles. The molecule has 2 N–H and O–H groups in total. The lowest BCUT2D eigenvalue weighted by Crippen LogP contribution is -2.50. The number of halogens is 1. The number of piperazine rings is 1. The van der Waals surface area contributed by atoms with E-state index >= 15 is 0 Å². The predicted octanol–water partition coefficient (Wildman–Crippen LogP) is 7.90. The number of aromatic hydroxyl groups is 1. The molecular weight excluding hydrogens is 716 g/mol. The molecule has 4 aromatic rings. The summed E-state index contributed by atoms with van der Waals surface area (Å²) in [6, 6.07) is 27.8. The van der Waals surface area contributed by atoms with Crippen LogP contribution >= 0.6 is 0 Å². The number of allylic oxidation sites excluding steroid dienone is 1. The molecule has 10 rings (SSSR count). The third kappa shape index (κ3) is 6.88. The van der Waals surface area contributed by atoms with Crippen LogP contribution in [0.15, 0.2) is 97.2 Å². The second kappa shape index (κ2) is 14.7. The summed E-state index contributed by atoms with van der Waals surface area (Å²) in [6.45, 7) is 8.38. The zero-order valence-electron chi connectivity index (χ0n) is 32.4. The zero-order valence-corrected chi connectivity index (χ0v) is 32.4. The number of nitrogens with one attached hydrogen (secondary N) is 1. The molecule has 8 nitrogen and oxygen atoms in total. The number of carbonyl (C=O) groups is 2. The Morgan fingerprint density at radius 3 is 2.25 bits per heavy atom. The first-order chi connectivity index (χ1) is 27.7. The number of benzene rings is 4. The number of rotatable bonds is 7. The van der Waals surface area contributed by atoms with Crippen LogP contribution in [0.3, 0.4) is 0 Å². The van der Waals surface area contributed by atoms with E-state index in [1.807, 2.05) is 24.3 Å². The molecule has 2 saturated heterocycles. The third-order valence-electron chi connectivity index (χ3n) is 14.2. The van der Waals surface area contributed by atoms with Gasteiger partial charge in [0.15, 0.2) is 0 Å². The summed E-state index contributed by atoms with van der Waals surface area (Å²) < 4.78 is 20.5. The predicted molar refractivity (Wildman–Crippen MR) is 218 cm³/mol. The average Bonchev–Trinajstić information content (AvgIpc) is 3.89. The summed E-state index contributed by atoms with van der Waals surface area (Å²) in [6.07, 6.45) is 8.07. The Kier molecular flexibility index (Phi) is 9.31. The number of phenolic OH excluding ortho intramolecular Hbond substituents is 1. The van der Waals surface area contributed by atoms with Gasteiger partial charge in [-0.15, -0.1) is 0 Å². The Balaban J connectivity index is 0.730. The minimum Gasteiger partial charge on any atom is -0.508 e. The molecule has 2 saturated carbocycles. The van der Waals surface area contributed by atoms with Crippen molar-refractivity contribution in [3.8, 4) is 11.5 Å². The largest absolute Gasteiger partial charge is 0.508 e. The van der Waals surface area contributed by atoms with Crippen LogP contribution in [0.1, 0.15) is 95.0 Å². The van der Waals surface area contributed by atoms with E-state index in [1.165, 1.54) is 29.5 Å². The van der Waals surface area contributed by atoms with Crippen molar-refractivity contribution in [3.63, 3.8) is 0 Å². The lowest BCUT2D eigenvalue weighted by molar-refractivity contribution is -0.126. The molecule has 9 heteroatoms. The first-order valence-corrected chi connectivity index (χ1v) is 21.0. The normalized spacial score (nSPS) is 28.6. The highest BCUT2D eigenvalue weighted by Crippen LogP contribution is 2.49. The van der Waals surface area contributed by atoms with Crippen LogP contribution in [0.5, 0.6) is 11.5 Å². The molecule has 2 amide bonds. The van der Waals surface area contributed by atoms with Crippen molar-refractivity contribution in [3.05, 3.63) is 136 Å². The second-order valence-electron chi connectivity index (χ2n) is 17.4. The Hall–Kier alpha value is -5.15. The summed E-state index contributed by atoms with van der Waals surface area (Å²) in [4.78, 5) is 32.8. The molecule has 2 unspecified atom stereocenters. The number of carbonyl (C=O) groups excluding carboxylic acids is 2. The number of fused-ring (bicyclic) bond motifs is 3. The maximum atomic E-state index is 13.9. The number of aryl methyl sites for hydroxylation is 1. The molecule has 3 heterocycles. The van der Waals surface area contributed by atoms with Crippen molar-refractivity contribution < 1.29 is 23.8 Å². The number of phenols is 1. The summed E-state index contributed by atoms with van der Waals surface area (Å²) in [5.74, 6) is 2.56. The molecule has 0 aromatic heterocycles. The molecule has 294 valence electrons. The molecule has 0 spiro atoms. The topological polar surface area (TPSA) is 85.4 Å². The minimum atomic E-state index is -0.436. The van der Waals surface area contributed by atoms with Crippen molar-refractivity contribution >= 4 is 17.5 Å². The van der Waals surface area contributed by atoms with Crippen molar-refractivity contribution in [1.29, 1.82) is 0 Å². The number of hydrogen-bond acceptors (Lipinski definition) is 6. The van der Waals surface area contributed by atoms with Gasteiger partial charge in [0.05, 0.1) is 6.10 Å².